The van der Waals surface area contributed by atoms with Crippen molar-refractivity contribution in [3.63, 3.8) is 0 Å². The fraction of sp³-hybridized carbons (Fsp3) is 0.533. The normalized spacial score (nSPS) is 12.9. The zero-order chi connectivity index (χ0) is 14.6. The summed E-state index contributed by atoms with van der Waals surface area (Å²) in [5.41, 5.74) is 8.04. The zero-order valence-corrected chi connectivity index (χ0v) is 12.4. The summed E-state index contributed by atoms with van der Waals surface area (Å²) in [5, 5.41) is 2.78. The van der Waals surface area contributed by atoms with Gasteiger partial charge in [-0.3, -0.25) is 5.32 Å². The topological polar surface area (TPSA) is 64.3 Å². The smallest absolute Gasteiger partial charge is 0.412 e. The second kappa shape index (κ2) is 6.06. The van der Waals surface area contributed by atoms with Gasteiger partial charge in [-0.15, -0.1) is 0 Å². The Labute approximate surface area is 115 Å². The molecule has 0 spiro atoms. The summed E-state index contributed by atoms with van der Waals surface area (Å²) in [6.07, 6.45) is -0.437. The van der Waals surface area contributed by atoms with Gasteiger partial charge < -0.3 is 10.5 Å². The third-order valence-corrected chi connectivity index (χ3v) is 2.82. The number of aryl methyl sites for hydroxylation is 1. The Morgan fingerprint density at radius 2 is 2.05 bits per heavy atom. The molecule has 0 aliphatic heterocycles. The molecule has 0 saturated heterocycles. The first-order valence-corrected chi connectivity index (χ1v) is 6.53. The number of anilines is 1. The Morgan fingerprint density at radius 3 is 2.58 bits per heavy atom. The predicted molar refractivity (Wildman–Crippen MR) is 78.5 cm³/mol. The van der Waals surface area contributed by atoms with E-state index in [4.69, 9.17) is 10.5 Å². The molecule has 1 amide bonds. The number of hydrogen-bond donors (Lipinski definition) is 2. The van der Waals surface area contributed by atoms with Gasteiger partial charge >= 0.3 is 6.09 Å². The highest BCUT2D eigenvalue weighted by molar-refractivity contribution is 5.86. The molecule has 0 aliphatic carbocycles. The van der Waals surface area contributed by atoms with Crippen LogP contribution < -0.4 is 11.1 Å². The van der Waals surface area contributed by atoms with E-state index in [-0.39, 0.29) is 5.92 Å². The largest absolute Gasteiger partial charge is 0.444 e. The van der Waals surface area contributed by atoms with E-state index in [0.717, 1.165) is 16.8 Å². The molecular weight excluding hydrogens is 240 g/mol. The third kappa shape index (κ3) is 4.91. The van der Waals surface area contributed by atoms with Crippen LogP contribution in [0.4, 0.5) is 10.5 Å². The number of hydrogen-bond acceptors (Lipinski definition) is 3. The van der Waals surface area contributed by atoms with Gasteiger partial charge in [0.25, 0.3) is 0 Å². The molecule has 0 saturated carbocycles. The highest BCUT2D eigenvalue weighted by Gasteiger charge is 2.17. The van der Waals surface area contributed by atoms with Gasteiger partial charge in [-0.1, -0.05) is 19.1 Å². The average Bonchev–Trinajstić information content (AvgIpc) is 2.28. The van der Waals surface area contributed by atoms with Crippen molar-refractivity contribution in [2.24, 2.45) is 5.73 Å². The standard InChI is InChI=1S/C15H24N2O2/c1-10-6-7-12(11(2)9-16)8-13(10)17-14(18)19-15(3,4)5/h6-8,11H,9,16H2,1-5H3,(H,17,18). The maximum absolute atomic E-state index is 11.8. The van der Waals surface area contributed by atoms with Gasteiger partial charge in [0.15, 0.2) is 0 Å². The molecule has 0 bridgehead atoms. The highest BCUT2D eigenvalue weighted by Crippen LogP contribution is 2.22. The quantitative estimate of drug-likeness (QED) is 0.879. The molecule has 1 atom stereocenters. The van der Waals surface area contributed by atoms with Gasteiger partial charge in [0.05, 0.1) is 0 Å². The van der Waals surface area contributed by atoms with E-state index in [1.807, 2.05) is 45.9 Å². The van der Waals surface area contributed by atoms with Crippen LogP contribution in [0.1, 0.15) is 44.7 Å². The summed E-state index contributed by atoms with van der Waals surface area (Å²) >= 11 is 0. The molecule has 0 aliphatic rings. The summed E-state index contributed by atoms with van der Waals surface area (Å²) in [5.74, 6) is 0.264. The lowest BCUT2D eigenvalue weighted by molar-refractivity contribution is 0.0636. The first kappa shape index (κ1) is 15.5. The lowest BCUT2D eigenvalue weighted by Gasteiger charge is -2.20. The molecule has 4 nitrogen and oxygen atoms in total. The predicted octanol–water partition coefficient (Wildman–Crippen LogP) is 3.40. The number of rotatable bonds is 3. The van der Waals surface area contributed by atoms with E-state index in [9.17, 15) is 4.79 Å². The molecule has 1 rings (SSSR count). The number of amides is 1. The average molecular weight is 264 g/mol. The van der Waals surface area contributed by atoms with Crippen LogP contribution in [0, 0.1) is 6.92 Å². The van der Waals surface area contributed by atoms with Crippen LogP contribution in [0.3, 0.4) is 0 Å². The molecule has 106 valence electrons. The van der Waals surface area contributed by atoms with Crippen molar-refractivity contribution in [2.45, 2.75) is 46.1 Å². The summed E-state index contributed by atoms with van der Waals surface area (Å²) in [6, 6.07) is 5.97. The van der Waals surface area contributed by atoms with E-state index in [0.29, 0.717) is 6.54 Å². The summed E-state index contributed by atoms with van der Waals surface area (Å²) in [6.45, 7) is 10.1. The molecule has 0 fully saturated rings. The number of ether oxygens (including phenoxy) is 1. The van der Waals surface area contributed by atoms with Gasteiger partial charge in [0.1, 0.15) is 5.60 Å². The second-order valence-electron chi connectivity index (χ2n) is 5.84. The Balaban J connectivity index is 2.85. The van der Waals surface area contributed by atoms with Crippen molar-refractivity contribution >= 4 is 11.8 Å². The lowest BCUT2D eigenvalue weighted by atomic mass is 9.99. The minimum Gasteiger partial charge on any atom is -0.444 e. The van der Waals surface area contributed by atoms with Crippen LogP contribution in [0.25, 0.3) is 0 Å². The molecule has 0 radical (unpaired) electrons. The van der Waals surface area contributed by atoms with Crippen LogP contribution in [-0.2, 0) is 4.74 Å². The molecule has 1 aromatic rings. The van der Waals surface area contributed by atoms with Crippen molar-refractivity contribution in [2.75, 3.05) is 11.9 Å². The van der Waals surface area contributed by atoms with Gasteiger partial charge in [-0.2, -0.15) is 0 Å². The number of carbonyl (C=O) groups excluding carboxylic acids is 1. The summed E-state index contributed by atoms with van der Waals surface area (Å²) in [7, 11) is 0. The van der Waals surface area contributed by atoms with Crippen molar-refractivity contribution in [1.82, 2.24) is 0 Å². The van der Waals surface area contributed by atoms with Crippen LogP contribution in [-0.4, -0.2) is 18.2 Å². The monoisotopic (exact) mass is 264 g/mol. The fourth-order valence-electron chi connectivity index (χ4n) is 1.63. The first-order chi connectivity index (χ1) is 8.73. The SMILES string of the molecule is Cc1ccc(C(C)CN)cc1NC(=O)OC(C)(C)C. The van der Waals surface area contributed by atoms with E-state index in [1.54, 1.807) is 0 Å². The van der Waals surface area contributed by atoms with Crippen molar-refractivity contribution in [1.29, 1.82) is 0 Å². The molecule has 0 aromatic heterocycles. The maximum atomic E-state index is 11.8. The highest BCUT2D eigenvalue weighted by atomic mass is 16.6. The third-order valence-electron chi connectivity index (χ3n) is 2.82. The fourth-order valence-corrected chi connectivity index (χ4v) is 1.63. The minimum atomic E-state index is -0.500. The number of carbonyl (C=O) groups is 1. The Kier molecular flexibility index (Phi) is 4.95. The maximum Gasteiger partial charge on any atom is 0.412 e. The zero-order valence-electron chi connectivity index (χ0n) is 12.4. The van der Waals surface area contributed by atoms with Crippen LogP contribution >= 0.6 is 0 Å². The number of nitrogens with one attached hydrogen (secondary N) is 1. The minimum absolute atomic E-state index is 0.264. The van der Waals surface area contributed by atoms with Crippen LogP contribution in [0.15, 0.2) is 18.2 Å². The Hall–Kier alpha value is -1.55. The van der Waals surface area contributed by atoms with Crippen molar-refractivity contribution in [3.05, 3.63) is 29.3 Å². The molecule has 19 heavy (non-hydrogen) atoms. The van der Waals surface area contributed by atoms with Gasteiger partial charge in [-0.25, -0.2) is 4.79 Å². The van der Waals surface area contributed by atoms with E-state index >= 15 is 0 Å². The Morgan fingerprint density at radius 1 is 1.42 bits per heavy atom. The van der Waals surface area contributed by atoms with Crippen molar-refractivity contribution in [3.8, 4) is 0 Å². The van der Waals surface area contributed by atoms with Gasteiger partial charge in [0, 0.05) is 5.69 Å². The van der Waals surface area contributed by atoms with Gasteiger partial charge in [-0.05, 0) is 57.4 Å². The van der Waals surface area contributed by atoms with E-state index < -0.39 is 11.7 Å². The lowest BCUT2D eigenvalue weighted by Crippen LogP contribution is -2.27. The number of nitrogens with two attached hydrogens (primary N) is 1. The molecule has 4 heteroatoms. The molecular formula is C15H24N2O2. The van der Waals surface area contributed by atoms with E-state index in [1.165, 1.54) is 0 Å². The summed E-state index contributed by atoms with van der Waals surface area (Å²) in [4.78, 5) is 11.8. The van der Waals surface area contributed by atoms with Crippen LogP contribution in [0.2, 0.25) is 0 Å². The molecule has 3 N–H and O–H groups in total. The van der Waals surface area contributed by atoms with E-state index in [2.05, 4.69) is 12.2 Å². The second-order valence-corrected chi connectivity index (χ2v) is 5.84. The molecule has 1 aromatic carbocycles. The molecule has 1 unspecified atom stereocenters. The van der Waals surface area contributed by atoms with Gasteiger partial charge in [0.2, 0.25) is 0 Å². The Bertz CT molecular complexity index is 450. The number of benzene rings is 1. The van der Waals surface area contributed by atoms with Crippen LogP contribution in [0.5, 0.6) is 0 Å². The molecule has 0 heterocycles. The summed E-state index contributed by atoms with van der Waals surface area (Å²) < 4.78 is 5.25. The van der Waals surface area contributed by atoms with Crippen molar-refractivity contribution < 1.29 is 9.53 Å². The first-order valence-electron chi connectivity index (χ1n) is 6.53.